The zero-order valence-corrected chi connectivity index (χ0v) is 24.6. The molecule has 0 spiro atoms. The summed E-state index contributed by atoms with van der Waals surface area (Å²) in [5.41, 5.74) is 5.58. The highest BCUT2D eigenvalue weighted by molar-refractivity contribution is 7.89. The van der Waals surface area contributed by atoms with E-state index in [-0.39, 0.29) is 16.8 Å². The average molecular weight is 585 g/mol. The predicted octanol–water partition coefficient (Wildman–Crippen LogP) is 4.20. The quantitative estimate of drug-likeness (QED) is 0.427. The number of carbonyl (C=O) groups excluding carboxylic acids is 1. The van der Waals surface area contributed by atoms with E-state index in [0.717, 1.165) is 48.4 Å². The van der Waals surface area contributed by atoms with E-state index in [4.69, 9.17) is 5.14 Å². The molecule has 9 nitrogen and oxygen atoms in total. The minimum Gasteiger partial charge on any atom is -0.382 e. The van der Waals surface area contributed by atoms with Crippen molar-refractivity contribution in [2.45, 2.75) is 30.7 Å². The summed E-state index contributed by atoms with van der Waals surface area (Å²) in [6.45, 7) is 9.52. The topological polar surface area (TPSA) is 123 Å². The van der Waals surface area contributed by atoms with Crippen molar-refractivity contribution in [1.82, 2.24) is 4.90 Å². The Morgan fingerprint density at radius 3 is 2.24 bits per heavy atom. The molecule has 0 bridgehead atoms. The first-order valence-corrected chi connectivity index (χ1v) is 15.7. The summed E-state index contributed by atoms with van der Waals surface area (Å²) in [4.78, 5) is 19.8. The molecule has 3 aromatic rings. The lowest BCUT2D eigenvalue weighted by atomic mass is 9.98. The van der Waals surface area contributed by atoms with Crippen LogP contribution in [-0.4, -0.2) is 64.5 Å². The Labute approximate surface area is 247 Å². The third kappa shape index (κ3) is 6.12. The fourth-order valence-corrected chi connectivity index (χ4v) is 6.62. The molecule has 2 aliphatic rings. The maximum atomic E-state index is 13.7. The van der Waals surface area contributed by atoms with E-state index < -0.39 is 10.0 Å². The first kappa shape index (κ1) is 29.2. The van der Waals surface area contributed by atoms with E-state index in [9.17, 15) is 18.5 Å². The SMILES string of the molecule is C=Cc1cc(C)c(C(=O)N2CCN(c3ccccc3S(N)(=O)=O)CC2)cc1NC1CCN(c2ccccc2C#N)CC1. The number of nitrogens with two attached hydrogens (primary N) is 1. The maximum absolute atomic E-state index is 13.7. The number of nitrogens with zero attached hydrogens (tertiary/aromatic N) is 4. The number of hydrogen-bond donors (Lipinski definition) is 2. The van der Waals surface area contributed by atoms with Gasteiger partial charge in [0, 0.05) is 56.6 Å². The highest BCUT2D eigenvalue weighted by atomic mass is 32.2. The summed E-state index contributed by atoms with van der Waals surface area (Å²) in [7, 11) is -3.86. The van der Waals surface area contributed by atoms with Crippen molar-refractivity contribution in [2.75, 3.05) is 54.4 Å². The lowest BCUT2D eigenvalue weighted by Gasteiger charge is -2.37. The number of para-hydroxylation sites is 2. The number of piperazine rings is 1. The number of nitriles is 1. The molecule has 3 aromatic carbocycles. The van der Waals surface area contributed by atoms with Gasteiger partial charge >= 0.3 is 0 Å². The van der Waals surface area contributed by atoms with Crippen molar-refractivity contribution >= 4 is 39.1 Å². The smallest absolute Gasteiger partial charge is 0.254 e. The molecule has 2 aliphatic heterocycles. The minimum atomic E-state index is -3.86. The van der Waals surface area contributed by atoms with Crippen LogP contribution in [-0.2, 0) is 10.0 Å². The Bertz CT molecular complexity index is 1630. The van der Waals surface area contributed by atoms with Gasteiger partial charge in [-0.15, -0.1) is 0 Å². The van der Waals surface area contributed by atoms with E-state index >= 15 is 0 Å². The number of hydrogen-bond acceptors (Lipinski definition) is 7. The van der Waals surface area contributed by atoms with Crippen LogP contribution in [0.3, 0.4) is 0 Å². The highest BCUT2D eigenvalue weighted by Crippen LogP contribution is 2.30. The molecule has 0 atom stereocenters. The van der Waals surface area contributed by atoms with E-state index in [0.29, 0.717) is 43.0 Å². The van der Waals surface area contributed by atoms with Crippen LogP contribution in [0.4, 0.5) is 17.1 Å². The molecule has 218 valence electrons. The number of sulfonamides is 1. The van der Waals surface area contributed by atoms with E-state index in [1.54, 1.807) is 18.2 Å². The van der Waals surface area contributed by atoms with Crippen LogP contribution in [0, 0.1) is 18.3 Å². The summed E-state index contributed by atoms with van der Waals surface area (Å²) < 4.78 is 24.2. The van der Waals surface area contributed by atoms with Gasteiger partial charge < -0.3 is 20.0 Å². The minimum absolute atomic E-state index is 0.0477. The maximum Gasteiger partial charge on any atom is 0.254 e. The number of benzene rings is 3. The van der Waals surface area contributed by atoms with Crippen LogP contribution in [0.5, 0.6) is 0 Å². The molecule has 0 saturated carbocycles. The van der Waals surface area contributed by atoms with E-state index in [2.05, 4.69) is 22.9 Å². The number of primary sulfonamides is 1. The largest absolute Gasteiger partial charge is 0.382 e. The van der Waals surface area contributed by atoms with Crippen LogP contribution in [0.25, 0.3) is 6.08 Å². The standard InChI is InChI=1S/C32H36N6O3S/c1-3-24-20-23(2)27(21-28(24)35-26-12-14-36(15-13-26)29-9-5-4-8-25(29)22-33)32(39)38-18-16-37(17-19-38)30-10-6-7-11-31(30)42(34,40)41/h3-11,20-21,26,35H,1,12-19H2,2H3,(H2,34,40,41). The molecule has 5 rings (SSSR count). The summed E-state index contributed by atoms with van der Waals surface area (Å²) >= 11 is 0. The highest BCUT2D eigenvalue weighted by Gasteiger charge is 2.27. The van der Waals surface area contributed by atoms with Gasteiger partial charge in [0.1, 0.15) is 11.0 Å². The van der Waals surface area contributed by atoms with Crippen molar-refractivity contribution in [1.29, 1.82) is 5.26 Å². The number of nitrogens with one attached hydrogen (secondary N) is 1. The second-order valence-electron chi connectivity index (χ2n) is 10.8. The van der Waals surface area contributed by atoms with Gasteiger partial charge in [0.15, 0.2) is 0 Å². The van der Waals surface area contributed by atoms with Crippen molar-refractivity contribution in [3.05, 3.63) is 89.5 Å². The molecule has 2 heterocycles. The van der Waals surface area contributed by atoms with Gasteiger partial charge in [0.05, 0.1) is 16.9 Å². The van der Waals surface area contributed by atoms with Crippen molar-refractivity contribution < 1.29 is 13.2 Å². The number of carbonyl (C=O) groups is 1. The van der Waals surface area contributed by atoms with Gasteiger partial charge in [-0.2, -0.15) is 5.26 Å². The first-order valence-electron chi connectivity index (χ1n) is 14.1. The fourth-order valence-electron chi connectivity index (χ4n) is 5.86. The molecule has 1 amide bonds. The average Bonchev–Trinajstić information content (AvgIpc) is 3.01. The predicted molar refractivity (Wildman–Crippen MR) is 167 cm³/mol. The third-order valence-corrected chi connectivity index (χ3v) is 9.10. The van der Waals surface area contributed by atoms with Crippen molar-refractivity contribution in [3.63, 3.8) is 0 Å². The summed E-state index contributed by atoms with van der Waals surface area (Å²) in [6.07, 6.45) is 3.61. The monoisotopic (exact) mass is 584 g/mol. The van der Waals surface area contributed by atoms with Crippen LogP contribution in [0.15, 0.2) is 72.1 Å². The molecule has 2 saturated heterocycles. The Morgan fingerprint density at radius 2 is 1.60 bits per heavy atom. The lowest BCUT2D eigenvalue weighted by molar-refractivity contribution is 0.0746. The van der Waals surface area contributed by atoms with Crippen LogP contribution in [0.1, 0.15) is 39.9 Å². The van der Waals surface area contributed by atoms with Gasteiger partial charge in [0.25, 0.3) is 5.91 Å². The molecule has 0 aliphatic carbocycles. The molecule has 42 heavy (non-hydrogen) atoms. The van der Waals surface area contributed by atoms with E-state index in [1.165, 1.54) is 6.07 Å². The second kappa shape index (κ2) is 12.3. The number of piperidine rings is 1. The number of aryl methyl sites for hydroxylation is 1. The second-order valence-corrected chi connectivity index (χ2v) is 12.3. The van der Waals surface area contributed by atoms with Crippen molar-refractivity contribution in [3.8, 4) is 6.07 Å². The summed E-state index contributed by atoms with van der Waals surface area (Å²) in [5, 5.41) is 18.6. The zero-order valence-electron chi connectivity index (χ0n) is 23.8. The number of amides is 1. The first-order chi connectivity index (χ1) is 20.2. The molecule has 0 radical (unpaired) electrons. The van der Waals surface area contributed by atoms with Crippen molar-refractivity contribution in [2.24, 2.45) is 5.14 Å². The van der Waals surface area contributed by atoms with Crippen LogP contribution < -0.4 is 20.3 Å². The summed E-state index contributed by atoms with van der Waals surface area (Å²) in [6, 6.07) is 20.9. The molecule has 0 unspecified atom stereocenters. The molecule has 10 heteroatoms. The molecular formula is C32H36N6O3S. The molecule has 3 N–H and O–H groups in total. The normalized spacial score (nSPS) is 16.2. The lowest BCUT2D eigenvalue weighted by Crippen LogP contribution is -2.49. The van der Waals surface area contributed by atoms with Gasteiger partial charge in [-0.05, 0) is 67.3 Å². The molecular weight excluding hydrogens is 548 g/mol. The third-order valence-electron chi connectivity index (χ3n) is 8.15. The number of anilines is 3. The fraction of sp³-hybridized carbons (Fsp3) is 0.312. The Kier molecular flexibility index (Phi) is 8.52. The van der Waals surface area contributed by atoms with E-state index in [1.807, 2.05) is 59.2 Å². The zero-order chi connectivity index (χ0) is 29.9. The molecule has 2 fully saturated rings. The molecule has 0 aromatic heterocycles. The Hall–Kier alpha value is -4.33. The Balaban J connectivity index is 1.26. The van der Waals surface area contributed by atoms with Crippen LogP contribution in [0.2, 0.25) is 0 Å². The van der Waals surface area contributed by atoms with Gasteiger partial charge in [-0.25, -0.2) is 13.6 Å². The number of rotatable bonds is 7. The van der Waals surface area contributed by atoms with Gasteiger partial charge in [-0.3, -0.25) is 4.79 Å². The Morgan fingerprint density at radius 1 is 0.976 bits per heavy atom. The summed E-state index contributed by atoms with van der Waals surface area (Å²) in [5.74, 6) is -0.0477. The van der Waals surface area contributed by atoms with Crippen LogP contribution >= 0.6 is 0 Å². The van der Waals surface area contributed by atoms with Gasteiger partial charge in [0.2, 0.25) is 10.0 Å². The van der Waals surface area contributed by atoms with Gasteiger partial charge in [-0.1, -0.05) is 36.9 Å².